The molecule has 0 spiro atoms. The van der Waals surface area contributed by atoms with Crippen molar-refractivity contribution >= 4 is 38.4 Å². The maximum atomic E-state index is 13.7. The molecule has 4 rings (SSSR count). The highest BCUT2D eigenvalue weighted by atomic mass is 79.9. The standard InChI is InChI=1S/C25H23BrFN3O/c1-30(2)18-10-7-16(8-11-18)21(22-15-28-24-6-4-3-5-19(22)24)14-29-25(31)20-13-17(27)9-12-23(20)26/h3-13,15,21,28H,14H2,1-2H3,(H,29,31). The smallest absolute Gasteiger partial charge is 0.252 e. The van der Waals surface area contributed by atoms with Gasteiger partial charge in [0.15, 0.2) is 0 Å². The van der Waals surface area contributed by atoms with Crippen LogP contribution >= 0.6 is 15.9 Å². The summed E-state index contributed by atoms with van der Waals surface area (Å²) >= 11 is 3.34. The normalized spacial score (nSPS) is 12.0. The lowest BCUT2D eigenvalue weighted by atomic mass is 9.90. The van der Waals surface area contributed by atoms with Crippen LogP contribution in [0.5, 0.6) is 0 Å². The summed E-state index contributed by atoms with van der Waals surface area (Å²) in [7, 11) is 4.01. The summed E-state index contributed by atoms with van der Waals surface area (Å²) in [6.45, 7) is 0.380. The van der Waals surface area contributed by atoms with Crippen LogP contribution < -0.4 is 10.2 Å². The highest BCUT2D eigenvalue weighted by Crippen LogP contribution is 2.31. The Hall–Kier alpha value is -3.12. The fraction of sp³-hybridized carbons (Fsp3) is 0.160. The predicted octanol–water partition coefficient (Wildman–Crippen LogP) is 5.70. The van der Waals surface area contributed by atoms with Crippen molar-refractivity contribution in [2.24, 2.45) is 0 Å². The summed E-state index contributed by atoms with van der Waals surface area (Å²) < 4.78 is 14.2. The zero-order chi connectivity index (χ0) is 22.0. The number of hydrogen-bond donors (Lipinski definition) is 2. The second-order valence-corrected chi connectivity index (χ2v) is 8.52. The molecule has 6 heteroatoms. The number of fused-ring (bicyclic) bond motifs is 1. The van der Waals surface area contributed by atoms with Gasteiger partial charge in [-0.3, -0.25) is 4.79 Å². The number of para-hydroxylation sites is 1. The fourth-order valence-electron chi connectivity index (χ4n) is 3.76. The average molecular weight is 480 g/mol. The summed E-state index contributed by atoms with van der Waals surface area (Å²) in [5.41, 5.74) is 4.63. The van der Waals surface area contributed by atoms with E-state index in [1.165, 1.54) is 12.1 Å². The second-order valence-electron chi connectivity index (χ2n) is 7.66. The SMILES string of the molecule is CN(C)c1ccc(C(CNC(=O)c2cc(F)ccc2Br)c2c[nH]c3ccccc23)cc1. The Kier molecular flexibility index (Phi) is 6.09. The van der Waals surface area contributed by atoms with Crippen molar-refractivity contribution in [2.45, 2.75) is 5.92 Å². The van der Waals surface area contributed by atoms with Gasteiger partial charge in [-0.25, -0.2) is 4.39 Å². The third-order valence-corrected chi connectivity index (χ3v) is 6.14. The lowest BCUT2D eigenvalue weighted by Crippen LogP contribution is -2.29. The van der Waals surface area contributed by atoms with E-state index in [4.69, 9.17) is 0 Å². The van der Waals surface area contributed by atoms with E-state index < -0.39 is 5.82 Å². The van der Waals surface area contributed by atoms with Gasteiger partial charge in [0.1, 0.15) is 5.82 Å². The average Bonchev–Trinajstić information content (AvgIpc) is 3.20. The molecule has 0 aliphatic carbocycles. The number of aromatic amines is 1. The molecule has 1 heterocycles. The predicted molar refractivity (Wildman–Crippen MR) is 127 cm³/mol. The van der Waals surface area contributed by atoms with E-state index in [0.717, 1.165) is 27.7 Å². The number of nitrogens with one attached hydrogen (secondary N) is 2. The van der Waals surface area contributed by atoms with E-state index in [-0.39, 0.29) is 17.4 Å². The van der Waals surface area contributed by atoms with E-state index in [9.17, 15) is 9.18 Å². The van der Waals surface area contributed by atoms with Crippen LogP contribution in [0.25, 0.3) is 10.9 Å². The molecule has 1 unspecified atom stereocenters. The molecule has 31 heavy (non-hydrogen) atoms. The van der Waals surface area contributed by atoms with Crippen molar-refractivity contribution in [3.05, 3.63) is 99.9 Å². The number of nitrogens with zero attached hydrogens (tertiary/aromatic N) is 1. The first kappa shape index (κ1) is 21.1. The summed E-state index contributed by atoms with van der Waals surface area (Å²) in [6, 6.07) is 20.5. The van der Waals surface area contributed by atoms with Crippen molar-refractivity contribution < 1.29 is 9.18 Å². The molecule has 0 bridgehead atoms. The summed E-state index contributed by atoms with van der Waals surface area (Å²) in [5.74, 6) is -0.828. The monoisotopic (exact) mass is 479 g/mol. The van der Waals surface area contributed by atoms with Crippen LogP contribution in [-0.2, 0) is 0 Å². The van der Waals surface area contributed by atoms with Gasteiger partial charge in [0.25, 0.3) is 5.91 Å². The van der Waals surface area contributed by atoms with Gasteiger partial charge in [-0.2, -0.15) is 0 Å². The van der Waals surface area contributed by atoms with E-state index in [1.807, 2.05) is 43.4 Å². The number of hydrogen-bond acceptors (Lipinski definition) is 2. The quantitative estimate of drug-likeness (QED) is 0.372. The first-order chi connectivity index (χ1) is 14.9. The van der Waals surface area contributed by atoms with E-state index in [0.29, 0.717) is 11.0 Å². The molecule has 158 valence electrons. The Morgan fingerprint density at radius 1 is 1.10 bits per heavy atom. The zero-order valence-electron chi connectivity index (χ0n) is 17.3. The van der Waals surface area contributed by atoms with Gasteiger partial charge in [0.05, 0.1) is 5.56 Å². The first-order valence-corrected chi connectivity index (χ1v) is 10.8. The molecular formula is C25H23BrFN3O. The van der Waals surface area contributed by atoms with Crippen LogP contribution in [0.2, 0.25) is 0 Å². The largest absolute Gasteiger partial charge is 0.378 e. The first-order valence-electron chi connectivity index (χ1n) is 10.0. The highest BCUT2D eigenvalue weighted by Gasteiger charge is 2.20. The molecule has 1 amide bonds. The third kappa shape index (κ3) is 4.49. The Labute approximate surface area is 189 Å². The number of halogens is 2. The maximum absolute atomic E-state index is 13.7. The van der Waals surface area contributed by atoms with Gasteiger partial charge in [0, 0.05) is 53.8 Å². The topological polar surface area (TPSA) is 48.1 Å². The molecule has 0 fully saturated rings. The summed E-state index contributed by atoms with van der Waals surface area (Å²) in [4.78, 5) is 18.2. The number of anilines is 1. The number of aromatic nitrogens is 1. The second kappa shape index (κ2) is 8.94. The molecule has 0 saturated carbocycles. The molecule has 0 aliphatic heterocycles. The summed E-state index contributed by atoms with van der Waals surface area (Å²) in [6.07, 6.45) is 2.00. The van der Waals surface area contributed by atoms with Crippen LogP contribution in [-0.4, -0.2) is 31.5 Å². The van der Waals surface area contributed by atoms with Crippen LogP contribution in [0, 0.1) is 5.82 Å². The molecule has 4 aromatic rings. The van der Waals surface area contributed by atoms with Crippen molar-refractivity contribution in [3.8, 4) is 0 Å². The highest BCUT2D eigenvalue weighted by molar-refractivity contribution is 9.10. The van der Waals surface area contributed by atoms with Crippen molar-refractivity contribution in [1.82, 2.24) is 10.3 Å². The molecule has 1 aromatic heterocycles. The number of carbonyl (C=O) groups is 1. The van der Waals surface area contributed by atoms with Gasteiger partial charge in [0.2, 0.25) is 0 Å². The minimum absolute atomic E-state index is 0.0661. The van der Waals surface area contributed by atoms with E-state index in [1.54, 1.807) is 6.07 Å². The maximum Gasteiger partial charge on any atom is 0.252 e. The molecule has 1 atom stereocenters. The zero-order valence-corrected chi connectivity index (χ0v) is 18.9. The van der Waals surface area contributed by atoms with Crippen molar-refractivity contribution in [3.63, 3.8) is 0 Å². The number of amides is 1. The molecule has 0 saturated heterocycles. The minimum Gasteiger partial charge on any atom is -0.378 e. The van der Waals surface area contributed by atoms with E-state index >= 15 is 0 Å². The van der Waals surface area contributed by atoms with Gasteiger partial charge >= 0.3 is 0 Å². The van der Waals surface area contributed by atoms with Crippen LogP contribution in [0.3, 0.4) is 0 Å². The number of carbonyl (C=O) groups excluding carboxylic acids is 1. The number of rotatable bonds is 6. The number of H-pyrrole nitrogens is 1. The lowest BCUT2D eigenvalue weighted by molar-refractivity contribution is 0.0951. The Balaban J connectivity index is 1.67. The fourth-order valence-corrected chi connectivity index (χ4v) is 4.18. The van der Waals surface area contributed by atoms with Crippen LogP contribution in [0.1, 0.15) is 27.4 Å². The third-order valence-electron chi connectivity index (χ3n) is 5.45. The van der Waals surface area contributed by atoms with Crippen LogP contribution in [0.15, 0.2) is 77.4 Å². The summed E-state index contributed by atoms with van der Waals surface area (Å²) in [5, 5.41) is 4.11. The molecular weight excluding hydrogens is 457 g/mol. The molecule has 2 N–H and O–H groups in total. The molecule has 0 aliphatic rings. The Morgan fingerprint density at radius 2 is 1.84 bits per heavy atom. The van der Waals surface area contributed by atoms with Gasteiger partial charge in [-0.15, -0.1) is 0 Å². The minimum atomic E-state index is -0.444. The lowest BCUT2D eigenvalue weighted by Gasteiger charge is -2.20. The van der Waals surface area contributed by atoms with Crippen LogP contribution in [0.4, 0.5) is 10.1 Å². The van der Waals surface area contributed by atoms with Gasteiger partial charge in [-0.05, 0) is 63.5 Å². The number of benzene rings is 3. The van der Waals surface area contributed by atoms with E-state index in [2.05, 4.69) is 56.6 Å². The molecule has 4 nitrogen and oxygen atoms in total. The Bertz CT molecular complexity index is 1220. The van der Waals surface area contributed by atoms with Gasteiger partial charge < -0.3 is 15.2 Å². The van der Waals surface area contributed by atoms with Crippen molar-refractivity contribution in [1.29, 1.82) is 0 Å². The van der Waals surface area contributed by atoms with Crippen molar-refractivity contribution in [2.75, 3.05) is 25.5 Å². The Morgan fingerprint density at radius 3 is 2.58 bits per heavy atom. The molecule has 0 radical (unpaired) electrons. The van der Waals surface area contributed by atoms with Gasteiger partial charge in [-0.1, -0.05) is 30.3 Å². The molecule has 3 aromatic carbocycles.